The monoisotopic (exact) mass is 284 g/mol. The third kappa shape index (κ3) is 3.01. The largest absolute Gasteiger partial charge is 0.390 e. The number of aryl methyl sites for hydroxylation is 1. The maximum Gasteiger partial charge on any atom is 0.143 e. The lowest BCUT2D eigenvalue weighted by Gasteiger charge is -2.17. The molecule has 0 aromatic carbocycles. The van der Waals surface area contributed by atoms with Crippen molar-refractivity contribution in [1.29, 1.82) is 5.26 Å². The Kier molecular flexibility index (Phi) is 4.87. The number of hydrogen-bond donors (Lipinski definition) is 2. The molecule has 0 fully saturated rings. The standard InChI is InChI=1S/C11H13BrN2O2/c1-7-4-8(6-14-9(7)5-13)11(16)10(15)2-3-12/h4,6,10-11,15-16H,2-3H2,1H3. The Labute approximate surface area is 103 Å². The maximum absolute atomic E-state index is 9.81. The van der Waals surface area contributed by atoms with Crippen molar-refractivity contribution in [3.63, 3.8) is 0 Å². The molecule has 0 amide bonds. The zero-order valence-electron chi connectivity index (χ0n) is 8.89. The molecule has 1 rings (SSSR count). The number of halogens is 1. The average molecular weight is 285 g/mol. The van der Waals surface area contributed by atoms with Gasteiger partial charge in [-0.1, -0.05) is 15.9 Å². The summed E-state index contributed by atoms with van der Waals surface area (Å²) in [7, 11) is 0. The van der Waals surface area contributed by atoms with Crippen LogP contribution in [0.3, 0.4) is 0 Å². The number of nitrogens with zero attached hydrogens (tertiary/aromatic N) is 2. The summed E-state index contributed by atoms with van der Waals surface area (Å²) in [6.07, 6.45) is 0.0958. The number of rotatable bonds is 4. The highest BCUT2D eigenvalue weighted by Gasteiger charge is 2.18. The molecule has 1 aromatic heterocycles. The topological polar surface area (TPSA) is 77.1 Å². The van der Waals surface area contributed by atoms with Gasteiger partial charge in [0.2, 0.25) is 0 Å². The quantitative estimate of drug-likeness (QED) is 0.821. The van der Waals surface area contributed by atoms with E-state index in [1.165, 1.54) is 6.20 Å². The van der Waals surface area contributed by atoms with E-state index in [1.54, 1.807) is 13.0 Å². The lowest BCUT2D eigenvalue weighted by molar-refractivity contribution is 0.0171. The molecule has 5 heteroatoms. The summed E-state index contributed by atoms with van der Waals surface area (Å²) in [5.41, 5.74) is 1.57. The minimum Gasteiger partial charge on any atom is -0.390 e. The molecule has 0 aliphatic heterocycles. The molecule has 0 spiro atoms. The molecule has 2 atom stereocenters. The molecule has 0 aliphatic rings. The van der Waals surface area contributed by atoms with Crippen LogP contribution in [0.2, 0.25) is 0 Å². The van der Waals surface area contributed by atoms with E-state index in [2.05, 4.69) is 20.9 Å². The zero-order chi connectivity index (χ0) is 12.1. The Balaban J connectivity index is 2.89. The summed E-state index contributed by atoms with van der Waals surface area (Å²) in [4.78, 5) is 3.92. The van der Waals surface area contributed by atoms with Crippen molar-refractivity contribution in [3.8, 4) is 6.07 Å². The second kappa shape index (κ2) is 5.94. The van der Waals surface area contributed by atoms with Gasteiger partial charge in [0.25, 0.3) is 0 Å². The van der Waals surface area contributed by atoms with E-state index in [1.807, 2.05) is 6.07 Å². The highest BCUT2D eigenvalue weighted by Crippen LogP contribution is 2.20. The van der Waals surface area contributed by atoms with Gasteiger partial charge < -0.3 is 10.2 Å². The van der Waals surface area contributed by atoms with E-state index in [-0.39, 0.29) is 0 Å². The number of aromatic nitrogens is 1. The molecular formula is C11H13BrN2O2. The summed E-state index contributed by atoms with van der Waals surface area (Å²) >= 11 is 3.20. The van der Waals surface area contributed by atoms with Crippen LogP contribution in [0.1, 0.15) is 29.3 Å². The molecular weight excluding hydrogens is 272 g/mol. The van der Waals surface area contributed by atoms with Gasteiger partial charge in [0.05, 0.1) is 6.10 Å². The van der Waals surface area contributed by atoms with Gasteiger partial charge in [-0.15, -0.1) is 0 Å². The fourth-order valence-electron chi connectivity index (χ4n) is 1.37. The van der Waals surface area contributed by atoms with Gasteiger partial charge in [-0.05, 0) is 25.0 Å². The summed E-state index contributed by atoms with van der Waals surface area (Å²) in [6.45, 7) is 1.75. The minimum atomic E-state index is -0.962. The maximum atomic E-state index is 9.81. The molecule has 1 aromatic rings. The van der Waals surface area contributed by atoms with E-state index in [4.69, 9.17) is 5.26 Å². The van der Waals surface area contributed by atoms with Crippen LogP contribution in [-0.2, 0) is 0 Å². The number of alkyl halides is 1. The van der Waals surface area contributed by atoms with Crippen LogP contribution < -0.4 is 0 Å². The van der Waals surface area contributed by atoms with Gasteiger partial charge in [-0.25, -0.2) is 4.98 Å². The molecule has 0 radical (unpaired) electrons. The number of hydrogen-bond acceptors (Lipinski definition) is 4. The van der Waals surface area contributed by atoms with Crippen molar-refractivity contribution < 1.29 is 10.2 Å². The highest BCUT2D eigenvalue weighted by atomic mass is 79.9. The second-order valence-electron chi connectivity index (χ2n) is 3.54. The highest BCUT2D eigenvalue weighted by molar-refractivity contribution is 9.09. The Bertz CT molecular complexity index is 403. The molecule has 16 heavy (non-hydrogen) atoms. The predicted octanol–water partition coefficient (Wildman–Crippen LogP) is 1.44. The first-order valence-corrected chi connectivity index (χ1v) is 6.01. The average Bonchev–Trinajstić information content (AvgIpc) is 2.28. The van der Waals surface area contributed by atoms with Crippen LogP contribution in [0.25, 0.3) is 0 Å². The summed E-state index contributed by atoms with van der Waals surface area (Å²) in [6, 6.07) is 3.63. The smallest absolute Gasteiger partial charge is 0.143 e. The fraction of sp³-hybridized carbons (Fsp3) is 0.455. The zero-order valence-corrected chi connectivity index (χ0v) is 10.5. The molecule has 2 N–H and O–H groups in total. The third-order valence-corrected chi connectivity index (χ3v) is 2.77. The van der Waals surface area contributed by atoms with E-state index < -0.39 is 12.2 Å². The van der Waals surface area contributed by atoms with Crippen molar-refractivity contribution in [2.45, 2.75) is 25.6 Å². The Morgan fingerprint density at radius 3 is 2.75 bits per heavy atom. The summed E-state index contributed by atoms with van der Waals surface area (Å²) in [5.74, 6) is 0. The van der Waals surface area contributed by atoms with Crippen molar-refractivity contribution in [3.05, 3.63) is 29.1 Å². The molecule has 2 unspecified atom stereocenters. The van der Waals surface area contributed by atoms with Crippen molar-refractivity contribution in [1.82, 2.24) is 4.98 Å². The number of pyridine rings is 1. The van der Waals surface area contributed by atoms with Crippen LogP contribution in [0.4, 0.5) is 0 Å². The Morgan fingerprint density at radius 2 is 2.25 bits per heavy atom. The third-order valence-electron chi connectivity index (χ3n) is 2.32. The Hall–Kier alpha value is -0.960. The van der Waals surface area contributed by atoms with Crippen molar-refractivity contribution >= 4 is 15.9 Å². The van der Waals surface area contributed by atoms with Gasteiger partial charge in [-0.2, -0.15) is 5.26 Å². The second-order valence-corrected chi connectivity index (χ2v) is 4.33. The molecule has 4 nitrogen and oxygen atoms in total. The molecule has 0 saturated carbocycles. The SMILES string of the molecule is Cc1cc(C(O)C(O)CCBr)cnc1C#N. The fourth-order valence-corrected chi connectivity index (χ4v) is 1.84. The van der Waals surface area contributed by atoms with Gasteiger partial charge in [0, 0.05) is 17.1 Å². The predicted molar refractivity (Wildman–Crippen MR) is 63.1 cm³/mol. The normalized spacial score (nSPS) is 14.2. The van der Waals surface area contributed by atoms with Gasteiger partial charge in [-0.3, -0.25) is 0 Å². The van der Waals surface area contributed by atoms with E-state index in [0.717, 1.165) is 0 Å². The van der Waals surface area contributed by atoms with Crippen LogP contribution in [-0.4, -0.2) is 26.6 Å². The van der Waals surface area contributed by atoms with Crippen LogP contribution in [0.15, 0.2) is 12.3 Å². The number of aliphatic hydroxyl groups is 2. The van der Waals surface area contributed by atoms with Gasteiger partial charge in [0.1, 0.15) is 17.9 Å². The van der Waals surface area contributed by atoms with Crippen LogP contribution >= 0.6 is 15.9 Å². The molecule has 1 heterocycles. The molecule has 0 saturated heterocycles. The van der Waals surface area contributed by atoms with E-state index in [0.29, 0.717) is 28.6 Å². The lowest BCUT2D eigenvalue weighted by Crippen LogP contribution is -2.19. The Morgan fingerprint density at radius 1 is 1.56 bits per heavy atom. The number of aliphatic hydroxyl groups excluding tert-OH is 2. The van der Waals surface area contributed by atoms with Crippen molar-refractivity contribution in [2.75, 3.05) is 5.33 Å². The molecule has 0 bridgehead atoms. The van der Waals surface area contributed by atoms with Crippen LogP contribution in [0.5, 0.6) is 0 Å². The van der Waals surface area contributed by atoms with E-state index in [9.17, 15) is 10.2 Å². The molecule has 0 aliphatic carbocycles. The molecule has 86 valence electrons. The first-order chi connectivity index (χ1) is 7.60. The van der Waals surface area contributed by atoms with Crippen molar-refractivity contribution in [2.24, 2.45) is 0 Å². The lowest BCUT2D eigenvalue weighted by atomic mass is 10.0. The number of nitriles is 1. The van der Waals surface area contributed by atoms with Crippen LogP contribution in [0, 0.1) is 18.3 Å². The minimum absolute atomic E-state index is 0.339. The van der Waals surface area contributed by atoms with Gasteiger partial charge >= 0.3 is 0 Å². The summed E-state index contributed by atoms with van der Waals surface area (Å²) in [5, 5.41) is 28.8. The van der Waals surface area contributed by atoms with E-state index >= 15 is 0 Å². The first-order valence-electron chi connectivity index (χ1n) is 4.89. The summed E-state index contributed by atoms with van der Waals surface area (Å²) < 4.78 is 0. The van der Waals surface area contributed by atoms with Gasteiger partial charge in [0.15, 0.2) is 0 Å². The first kappa shape index (κ1) is 13.1.